The van der Waals surface area contributed by atoms with Gasteiger partial charge in [0.15, 0.2) is 0 Å². The van der Waals surface area contributed by atoms with Crippen molar-refractivity contribution in [2.45, 2.75) is 37.8 Å². The first-order valence-corrected chi connectivity index (χ1v) is 12.0. The third-order valence-corrected chi connectivity index (χ3v) is 6.54. The van der Waals surface area contributed by atoms with Crippen molar-refractivity contribution in [2.75, 3.05) is 27.3 Å². The first kappa shape index (κ1) is 27.7. The van der Waals surface area contributed by atoms with Crippen LogP contribution in [0.3, 0.4) is 0 Å². The summed E-state index contributed by atoms with van der Waals surface area (Å²) >= 11 is 0. The van der Waals surface area contributed by atoms with Crippen LogP contribution in [0.25, 0.3) is 5.69 Å². The van der Waals surface area contributed by atoms with E-state index in [0.29, 0.717) is 23.3 Å². The Labute approximate surface area is 209 Å². The number of hydrogen-bond donors (Lipinski definition) is 2. The first-order chi connectivity index (χ1) is 17.3. The monoisotopic (exact) mass is 507 g/mol. The van der Waals surface area contributed by atoms with E-state index in [0.717, 1.165) is 48.6 Å². The minimum absolute atomic E-state index is 0.0803. The number of imidazole rings is 1. The van der Waals surface area contributed by atoms with Crippen LogP contribution in [0.4, 0.5) is 17.6 Å². The maximum atomic E-state index is 13.3. The van der Waals surface area contributed by atoms with Crippen molar-refractivity contribution in [1.82, 2.24) is 14.9 Å². The van der Waals surface area contributed by atoms with Crippen LogP contribution < -0.4 is 10.1 Å². The highest BCUT2D eigenvalue weighted by molar-refractivity contribution is 5.47. The van der Waals surface area contributed by atoms with Gasteiger partial charge in [-0.1, -0.05) is 24.6 Å². The van der Waals surface area contributed by atoms with E-state index in [2.05, 4.69) is 10.3 Å². The second kappa shape index (κ2) is 12.9. The summed E-state index contributed by atoms with van der Waals surface area (Å²) in [4.78, 5) is 3.46. The second-order valence-corrected chi connectivity index (χ2v) is 9.06. The van der Waals surface area contributed by atoms with E-state index in [9.17, 15) is 22.7 Å². The maximum absolute atomic E-state index is 13.3. The van der Waals surface area contributed by atoms with Gasteiger partial charge in [0, 0.05) is 29.6 Å². The molecule has 1 aromatic heterocycles. The molecule has 0 amide bonds. The third-order valence-electron chi connectivity index (χ3n) is 6.54. The van der Waals surface area contributed by atoms with Crippen LogP contribution in [0.2, 0.25) is 0 Å². The Kier molecular flexibility index (Phi) is 9.89. The van der Waals surface area contributed by atoms with E-state index in [-0.39, 0.29) is 18.3 Å². The fourth-order valence-electron chi connectivity index (χ4n) is 4.90. The lowest BCUT2D eigenvalue weighted by Crippen LogP contribution is -2.17. The van der Waals surface area contributed by atoms with Crippen LogP contribution in [0, 0.1) is 17.7 Å². The number of methoxy groups -OCH3 is 1. The number of benzene rings is 2. The predicted octanol–water partition coefficient (Wildman–Crippen LogP) is 5.83. The van der Waals surface area contributed by atoms with Crippen molar-refractivity contribution < 1.29 is 27.4 Å². The van der Waals surface area contributed by atoms with E-state index in [1.807, 2.05) is 7.05 Å². The van der Waals surface area contributed by atoms with Gasteiger partial charge in [-0.25, -0.2) is 9.37 Å². The summed E-state index contributed by atoms with van der Waals surface area (Å²) < 4.78 is 58.1. The highest BCUT2D eigenvalue weighted by atomic mass is 19.4. The van der Waals surface area contributed by atoms with Gasteiger partial charge in [-0.3, -0.25) is 4.57 Å². The van der Waals surface area contributed by atoms with Crippen molar-refractivity contribution in [3.05, 3.63) is 78.1 Å². The molecular formula is C27H33F4N3O2. The van der Waals surface area contributed by atoms with Gasteiger partial charge in [-0.2, -0.15) is 13.2 Å². The summed E-state index contributed by atoms with van der Waals surface area (Å²) in [6.07, 6.45) is 2.02. The molecule has 0 radical (unpaired) electrons. The normalized spacial score (nSPS) is 18.4. The Morgan fingerprint density at radius 2 is 1.86 bits per heavy atom. The van der Waals surface area contributed by atoms with Gasteiger partial charge in [-0.15, -0.1) is 0 Å². The summed E-state index contributed by atoms with van der Waals surface area (Å²) in [5.74, 6) is 0.352. The molecule has 0 aliphatic heterocycles. The molecular weight excluding hydrogens is 474 g/mol. The lowest BCUT2D eigenvalue weighted by Gasteiger charge is -2.22. The number of rotatable bonds is 8. The zero-order valence-electron chi connectivity index (χ0n) is 20.5. The number of halogens is 4. The molecule has 0 spiro atoms. The van der Waals surface area contributed by atoms with Crippen LogP contribution in [0.15, 0.2) is 60.9 Å². The van der Waals surface area contributed by atoms with Crippen LogP contribution in [0.1, 0.15) is 43.0 Å². The molecule has 1 fully saturated rings. The van der Waals surface area contributed by atoms with Gasteiger partial charge in [-0.05, 0) is 75.0 Å². The number of alkyl halides is 3. The zero-order chi connectivity index (χ0) is 26.1. The smallest absolute Gasteiger partial charge is 0.450 e. The molecule has 2 N–H and O–H groups in total. The number of aliphatic hydroxyl groups excluding tert-OH is 1. The fraction of sp³-hybridized carbons (Fsp3) is 0.444. The van der Waals surface area contributed by atoms with E-state index < -0.39 is 12.0 Å². The zero-order valence-corrected chi connectivity index (χ0v) is 20.5. The van der Waals surface area contributed by atoms with Gasteiger partial charge < -0.3 is 15.2 Å². The molecule has 5 nitrogen and oxygen atoms in total. The molecule has 1 aliphatic rings. The standard InChI is InChI=1S/C21H28F3N3O2.C6H5F/c1-25-12-15-4-3-14(9-15)10-16(13-28)18-11-17(5-6-19(18)29-2)27-8-7-26-20(27)21(22,23)24;7-6-4-2-1-3-5-6/h5-8,11,14-16,25,28H,3-4,9-10,12-13H2,1-2H3;1-5H/t14-,15+,16-;/m1./s1. The molecule has 1 heterocycles. The molecule has 36 heavy (non-hydrogen) atoms. The number of hydrogen-bond acceptors (Lipinski definition) is 4. The Balaban J connectivity index is 0.000000444. The largest absolute Gasteiger partial charge is 0.496 e. The molecule has 2 aromatic carbocycles. The summed E-state index contributed by atoms with van der Waals surface area (Å²) in [6.45, 7) is 0.906. The number of nitrogens with one attached hydrogen (secondary N) is 1. The minimum atomic E-state index is -4.55. The quantitative estimate of drug-likeness (QED) is 0.377. The molecule has 4 rings (SSSR count). The second-order valence-electron chi connectivity index (χ2n) is 9.06. The molecule has 3 atom stereocenters. The topological polar surface area (TPSA) is 59.3 Å². The van der Waals surface area contributed by atoms with Gasteiger partial charge >= 0.3 is 6.18 Å². The number of aliphatic hydroxyl groups is 1. The number of ether oxygens (including phenoxy) is 1. The number of nitrogens with zero attached hydrogens (tertiary/aromatic N) is 2. The van der Waals surface area contributed by atoms with Crippen LogP contribution in [0.5, 0.6) is 5.75 Å². The summed E-state index contributed by atoms with van der Waals surface area (Å²) in [6, 6.07) is 12.8. The average molecular weight is 508 g/mol. The number of aromatic nitrogens is 2. The SMILES string of the molecule is CNC[C@H]1CC[C@@H](C[C@H](CO)c2cc(-n3ccnc3C(F)(F)F)ccc2OC)C1.Fc1ccccc1. The lowest BCUT2D eigenvalue weighted by molar-refractivity contribution is -0.145. The highest BCUT2D eigenvalue weighted by Crippen LogP contribution is 2.40. The molecule has 1 saturated carbocycles. The van der Waals surface area contributed by atoms with E-state index >= 15 is 0 Å². The average Bonchev–Trinajstić information content (AvgIpc) is 3.53. The minimum Gasteiger partial charge on any atom is -0.496 e. The van der Waals surface area contributed by atoms with Gasteiger partial charge in [0.1, 0.15) is 11.6 Å². The lowest BCUT2D eigenvalue weighted by atomic mass is 9.87. The molecule has 3 aromatic rings. The van der Waals surface area contributed by atoms with Crippen molar-refractivity contribution in [2.24, 2.45) is 11.8 Å². The summed E-state index contributed by atoms with van der Waals surface area (Å²) in [5, 5.41) is 13.3. The fourth-order valence-corrected chi connectivity index (χ4v) is 4.90. The summed E-state index contributed by atoms with van der Waals surface area (Å²) in [7, 11) is 3.48. The summed E-state index contributed by atoms with van der Waals surface area (Å²) in [5.41, 5.74) is 1.08. The van der Waals surface area contributed by atoms with Crippen molar-refractivity contribution >= 4 is 0 Å². The Hall–Kier alpha value is -2.91. The molecule has 0 saturated heterocycles. The first-order valence-electron chi connectivity index (χ1n) is 12.0. The van der Waals surface area contributed by atoms with E-state index in [4.69, 9.17) is 4.74 Å². The molecule has 196 valence electrons. The Morgan fingerprint density at radius 1 is 1.14 bits per heavy atom. The Bertz CT molecular complexity index is 1070. The molecule has 0 unspecified atom stereocenters. The van der Waals surface area contributed by atoms with Crippen molar-refractivity contribution in [3.63, 3.8) is 0 Å². The van der Waals surface area contributed by atoms with Gasteiger partial charge in [0.25, 0.3) is 0 Å². The molecule has 0 bridgehead atoms. The van der Waals surface area contributed by atoms with Crippen LogP contribution >= 0.6 is 0 Å². The van der Waals surface area contributed by atoms with Crippen molar-refractivity contribution in [3.8, 4) is 11.4 Å². The predicted molar refractivity (Wildman–Crippen MR) is 131 cm³/mol. The van der Waals surface area contributed by atoms with Crippen LogP contribution in [-0.4, -0.2) is 42.0 Å². The maximum Gasteiger partial charge on any atom is 0.450 e. The van der Waals surface area contributed by atoms with Gasteiger partial charge in [0.05, 0.1) is 13.7 Å². The van der Waals surface area contributed by atoms with Crippen LogP contribution in [-0.2, 0) is 6.18 Å². The molecule has 9 heteroatoms. The van der Waals surface area contributed by atoms with E-state index in [1.165, 1.54) is 25.4 Å². The van der Waals surface area contributed by atoms with Crippen molar-refractivity contribution in [1.29, 1.82) is 0 Å². The van der Waals surface area contributed by atoms with E-state index in [1.54, 1.807) is 36.4 Å². The highest BCUT2D eigenvalue weighted by Gasteiger charge is 2.36. The third kappa shape index (κ3) is 7.30. The van der Waals surface area contributed by atoms with Gasteiger partial charge in [0.2, 0.25) is 5.82 Å². The molecule has 1 aliphatic carbocycles. The Morgan fingerprint density at radius 3 is 2.44 bits per heavy atom.